The van der Waals surface area contributed by atoms with Crippen molar-refractivity contribution < 1.29 is 24.2 Å². The summed E-state index contributed by atoms with van der Waals surface area (Å²) in [5, 5.41) is 11.8. The van der Waals surface area contributed by atoms with Crippen LogP contribution in [0.5, 0.6) is 5.75 Å². The molecule has 1 fully saturated rings. The minimum Gasteiger partial charge on any atom is -0.495 e. The Morgan fingerprint density at radius 1 is 1.36 bits per heavy atom. The van der Waals surface area contributed by atoms with Crippen molar-refractivity contribution in [2.24, 2.45) is 11.3 Å². The molecule has 136 valence electrons. The molecule has 2 N–H and O–H groups in total. The molecule has 0 saturated carbocycles. The maximum absolute atomic E-state index is 12.3. The van der Waals surface area contributed by atoms with Gasteiger partial charge in [0.2, 0.25) is 11.8 Å². The zero-order valence-corrected chi connectivity index (χ0v) is 14.7. The average Bonchev–Trinajstić information content (AvgIpc) is 2.96. The van der Waals surface area contributed by atoms with Crippen LogP contribution < -0.4 is 15.0 Å². The molecule has 0 aliphatic carbocycles. The SMILES string of the molecule is COc1ccccc1N1CC(C(=O)NCCC(C)(C)C(=O)O)CC1=O. The van der Waals surface area contributed by atoms with Gasteiger partial charge in [-0.3, -0.25) is 14.4 Å². The Balaban J connectivity index is 1.95. The number of methoxy groups -OCH3 is 1. The first-order valence-electron chi connectivity index (χ1n) is 8.20. The van der Waals surface area contributed by atoms with E-state index in [4.69, 9.17) is 9.84 Å². The third-order valence-electron chi connectivity index (χ3n) is 4.50. The second-order valence-corrected chi connectivity index (χ2v) is 6.81. The zero-order valence-electron chi connectivity index (χ0n) is 14.7. The van der Waals surface area contributed by atoms with Gasteiger partial charge in [0.1, 0.15) is 5.75 Å². The maximum atomic E-state index is 12.3. The number of aliphatic carboxylic acids is 1. The molecule has 2 amide bonds. The van der Waals surface area contributed by atoms with Crippen LogP contribution in [0.3, 0.4) is 0 Å². The Morgan fingerprint density at radius 3 is 2.68 bits per heavy atom. The highest BCUT2D eigenvalue weighted by molar-refractivity contribution is 6.01. The summed E-state index contributed by atoms with van der Waals surface area (Å²) in [6.45, 7) is 3.78. The Labute approximate surface area is 147 Å². The van der Waals surface area contributed by atoms with Crippen LogP contribution in [-0.4, -0.2) is 43.1 Å². The van der Waals surface area contributed by atoms with E-state index >= 15 is 0 Å². The van der Waals surface area contributed by atoms with E-state index in [0.717, 1.165) is 0 Å². The number of hydrogen-bond acceptors (Lipinski definition) is 4. The normalized spacial score (nSPS) is 17.5. The summed E-state index contributed by atoms with van der Waals surface area (Å²) in [7, 11) is 1.54. The molecule has 7 heteroatoms. The lowest BCUT2D eigenvalue weighted by Crippen LogP contribution is -2.36. The van der Waals surface area contributed by atoms with Gasteiger partial charge in [-0.05, 0) is 32.4 Å². The van der Waals surface area contributed by atoms with Gasteiger partial charge >= 0.3 is 5.97 Å². The average molecular weight is 348 g/mol. The number of carboxylic acid groups (broad SMARTS) is 1. The molecule has 1 aromatic carbocycles. The highest BCUT2D eigenvalue weighted by Gasteiger charge is 2.36. The zero-order chi connectivity index (χ0) is 18.6. The van der Waals surface area contributed by atoms with Gasteiger partial charge in [-0.25, -0.2) is 0 Å². The van der Waals surface area contributed by atoms with E-state index in [1.807, 2.05) is 12.1 Å². The minimum absolute atomic E-state index is 0.129. The summed E-state index contributed by atoms with van der Waals surface area (Å²) in [6, 6.07) is 7.18. The number of amides is 2. The van der Waals surface area contributed by atoms with E-state index < -0.39 is 17.3 Å². The number of ether oxygens (including phenoxy) is 1. The van der Waals surface area contributed by atoms with E-state index in [-0.39, 0.29) is 31.3 Å². The second kappa shape index (κ2) is 7.55. The molecule has 1 aromatic rings. The van der Waals surface area contributed by atoms with Crippen LogP contribution in [0.15, 0.2) is 24.3 Å². The van der Waals surface area contributed by atoms with Gasteiger partial charge in [0.25, 0.3) is 0 Å². The van der Waals surface area contributed by atoms with Crippen molar-refractivity contribution in [3.8, 4) is 5.75 Å². The van der Waals surface area contributed by atoms with Gasteiger partial charge in [-0.15, -0.1) is 0 Å². The largest absolute Gasteiger partial charge is 0.495 e. The maximum Gasteiger partial charge on any atom is 0.309 e. The summed E-state index contributed by atoms with van der Waals surface area (Å²) in [4.78, 5) is 37.2. The lowest BCUT2D eigenvalue weighted by Gasteiger charge is -2.20. The van der Waals surface area contributed by atoms with Crippen LogP contribution >= 0.6 is 0 Å². The first-order valence-corrected chi connectivity index (χ1v) is 8.20. The molecule has 1 aliphatic heterocycles. The van der Waals surface area contributed by atoms with E-state index in [0.29, 0.717) is 17.9 Å². The van der Waals surface area contributed by atoms with Gasteiger partial charge in [0.15, 0.2) is 0 Å². The van der Waals surface area contributed by atoms with Crippen molar-refractivity contribution in [3.63, 3.8) is 0 Å². The van der Waals surface area contributed by atoms with Gasteiger partial charge in [0.05, 0.1) is 24.1 Å². The number of carbonyl (C=O) groups is 3. The Kier molecular flexibility index (Phi) is 5.66. The van der Waals surface area contributed by atoms with E-state index in [2.05, 4.69) is 5.32 Å². The number of carbonyl (C=O) groups excluding carboxylic acids is 2. The predicted molar refractivity (Wildman–Crippen MR) is 92.5 cm³/mol. The fourth-order valence-electron chi connectivity index (χ4n) is 2.72. The first kappa shape index (κ1) is 18.8. The number of carboxylic acids is 1. The molecule has 1 aliphatic rings. The predicted octanol–water partition coefficient (Wildman–Crippen LogP) is 1.67. The number of nitrogens with one attached hydrogen (secondary N) is 1. The number of rotatable bonds is 7. The molecular weight excluding hydrogens is 324 g/mol. The third-order valence-corrected chi connectivity index (χ3v) is 4.50. The van der Waals surface area contributed by atoms with Crippen molar-refractivity contribution >= 4 is 23.5 Å². The summed E-state index contributed by atoms with van der Waals surface area (Å²) >= 11 is 0. The number of nitrogens with zero attached hydrogens (tertiary/aromatic N) is 1. The summed E-state index contributed by atoms with van der Waals surface area (Å²) in [5.74, 6) is -1.13. The van der Waals surface area contributed by atoms with E-state index in [9.17, 15) is 14.4 Å². The molecule has 7 nitrogen and oxygen atoms in total. The van der Waals surface area contributed by atoms with Crippen molar-refractivity contribution in [2.75, 3.05) is 25.1 Å². The van der Waals surface area contributed by atoms with Crippen LogP contribution in [0.2, 0.25) is 0 Å². The summed E-state index contributed by atoms with van der Waals surface area (Å²) in [5.41, 5.74) is -0.250. The van der Waals surface area contributed by atoms with E-state index in [1.165, 1.54) is 7.11 Å². The monoisotopic (exact) mass is 348 g/mol. The molecule has 25 heavy (non-hydrogen) atoms. The highest BCUT2D eigenvalue weighted by atomic mass is 16.5. The molecule has 1 saturated heterocycles. The molecule has 1 heterocycles. The number of para-hydroxylation sites is 2. The molecule has 0 aromatic heterocycles. The lowest BCUT2D eigenvalue weighted by molar-refractivity contribution is -0.147. The minimum atomic E-state index is -0.903. The van der Waals surface area contributed by atoms with Crippen LogP contribution in [-0.2, 0) is 14.4 Å². The fraction of sp³-hybridized carbons (Fsp3) is 0.500. The standard InChI is InChI=1S/C18H24N2O5/c1-18(2,17(23)24)8-9-19-16(22)12-10-15(21)20(11-12)13-6-4-5-7-14(13)25-3/h4-7,12H,8-11H2,1-3H3,(H,19,22)(H,23,24). The van der Waals surface area contributed by atoms with Crippen molar-refractivity contribution in [2.45, 2.75) is 26.7 Å². The van der Waals surface area contributed by atoms with E-state index in [1.54, 1.807) is 30.9 Å². The van der Waals surface area contributed by atoms with Gasteiger partial charge in [-0.1, -0.05) is 12.1 Å². The first-order chi connectivity index (χ1) is 11.8. The van der Waals surface area contributed by atoms with Crippen molar-refractivity contribution in [3.05, 3.63) is 24.3 Å². The topological polar surface area (TPSA) is 95.9 Å². The third kappa shape index (κ3) is 4.29. The molecule has 1 unspecified atom stereocenters. The number of hydrogen-bond donors (Lipinski definition) is 2. The molecule has 1 atom stereocenters. The quantitative estimate of drug-likeness (QED) is 0.781. The Bertz CT molecular complexity index is 671. The highest BCUT2D eigenvalue weighted by Crippen LogP contribution is 2.32. The molecule has 0 bridgehead atoms. The number of anilines is 1. The number of benzene rings is 1. The Morgan fingerprint density at radius 2 is 2.04 bits per heavy atom. The summed E-state index contributed by atoms with van der Waals surface area (Å²) in [6.07, 6.45) is 0.456. The van der Waals surface area contributed by atoms with Gasteiger partial charge < -0.3 is 20.1 Å². The molecule has 2 rings (SSSR count). The van der Waals surface area contributed by atoms with Crippen LogP contribution in [0.4, 0.5) is 5.69 Å². The summed E-state index contributed by atoms with van der Waals surface area (Å²) < 4.78 is 5.28. The van der Waals surface area contributed by atoms with Crippen LogP contribution in [0, 0.1) is 11.3 Å². The van der Waals surface area contributed by atoms with Gasteiger partial charge in [-0.2, -0.15) is 0 Å². The van der Waals surface area contributed by atoms with Crippen LogP contribution in [0.25, 0.3) is 0 Å². The molecular formula is C18H24N2O5. The van der Waals surface area contributed by atoms with Crippen LogP contribution in [0.1, 0.15) is 26.7 Å². The second-order valence-electron chi connectivity index (χ2n) is 6.81. The smallest absolute Gasteiger partial charge is 0.309 e. The fourth-order valence-corrected chi connectivity index (χ4v) is 2.72. The van der Waals surface area contributed by atoms with Crippen molar-refractivity contribution in [1.29, 1.82) is 0 Å². The molecule has 0 spiro atoms. The lowest BCUT2D eigenvalue weighted by atomic mass is 9.89. The van der Waals surface area contributed by atoms with Crippen molar-refractivity contribution in [1.82, 2.24) is 5.32 Å². The van der Waals surface area contributed by atoms with Gasteiger partial charge in [0, 0.05) is 19.5 Å². The Hall–Kier alpha value is -2.57. The molecule has 0 radical (unpaired) electrons.